The third kappa shape index (κ3) is 2.20. The topological polar surface area (TPSA) is 51.7 Å². The van der Waals surface area contributed by atoms with Crippen LogP contribution in [0.25, 0.3) is 6.08 Å². The Labute approximate surface area is 139 Å². The molecule has 1 aromatic heterocycles. The van der Waals surface area contributed by atoms with E-state index in [0.717, 1.165) is 23.4 Å². The first kappa shape index (κ1) is 13.7. The molecule has 1 aliphatic carbocycles. The zero-order valence-corrected chi connectivity index (χ0v) is 13.1. The first-order valence-electron chi connectivity index (χ1n) is 8.16. The second-order valence-electron chi connectivity index (χ2n) is 6.39. The smallest absolute Gasteiger partial charge is 0.231 e. The minimum absolute atomic E-state index is 0.0758. The van der Waals surface area contributed by atoms with Crippen LogP contribution in [0.5, 0.6) is 11.5 Å². The van der Waals surface area contributed by atoms with Crippen molar-refractivity contribution in [3.63, 3.8) is 0 Å². The molecule has 3 heterocycles. The van der Waals surface area contributed by atoms with E-state index >= 15 is 0 Å². The van der Waals surface area contributed by atoms with Gasteiger partial charge in [0.2, 0.25) is 5.78 Å². The van der Waals surface area contributed by atoms with E-state index in [1.165, 1.54) is 12.8 Å². The summed E-state index contributed by atoms with van der Waals surface area (Å²) in [4.78, 5) is 18.9. The molecule has 0 amide bonds. The quantitative estimate of drug-likeness (QED) is 0.796. The fourth-order valence-corrected chi connectivity index (χ4v) is 3.26. The molecule has 1 aromatic carbocycles. The van der Waals surface area contributed by atoms with Gasteiger partial charge >= 0.3 is 0 Å². The number of ketones is 1. The molecule has 1 saturated carbocycles. The Morgan fingerprint density at radius 2 is 2.00 bits per heavy atom. The number of hydrogen-bond donors (Lipinski definition) is 0. The first-order chi connectivity index (χ1) is 11.8. The molecule has 0 unspecified atom stereocenters. The van der Waals surface area contributed by atoms with Crippen LogP contribution in [0.15, 0.2) is 42.4 Å². The molecule has 0 atom stereocenters. The van der Waals surface area contributed by atoms with Crippen LogP contribution >= 0.6 is 0 Å². The molecule has 24 heavy (non-hydrogen) atoms. The Kier molecular flexibility index (Phi) is 2.97. The maximum absolute atomic E-state index is 12.7. The van der Waals surface area contributed by atoms with Gasteiger partial charge in [-0.05, 0) is 48.7 Å². The van der Waals surface area contributed by atoms with Crippen LogP contribution < -0.4 is 9.47 Å². The normalized spacial score (nSPS) is 21.2. The largest absolute Gasteiger partial charge is 0.478 e. The summed E-state index contributed by atoms with van der Waals surface area (Å²) >= 11 is 0. The lowest BCUT2D eigenvalue weighted by atomic mass is 10.0. The third-order valence-corrected chi connectivity index (χ3v) is 4.71. The number of rotatable bonds is 2. The Morgan fingerprint density at radius 3 is 2.79 bits per heavy atom. The van der Waals surface area contributed by atoms with Crippen LogP contribution in [0.2, 0.25) is 0 Å². The van der Waals surface area contributed by atoms with Gasteiger partial charge in [0.1, 0.15) is 18.2 Å². The number of carbonyl (C=O) groups excluding carboxylic acids is 1. The number of carbonyl (C=O) groups is 1. The summed E-state index contributed by atoms with van der Waals surface area (Å²) in [6.45, 7) is 1.39. The average Bonchev–Trinajstić information content (AvgIpc) is 3.42. The summed E-state index contributed by atoms with van der Waals surface area (Å²) in [6, 6.07) is 7.99. The molecular formula is C19H16N2O3. The minimum atomic E-state index is -0.0758. The first-order valence-corrected chi connectivity index (χ1v) is 8.16. The number of Topliss-reactive ketones (excluding diaryl/α,β-unsaturated/α-hetero) is 1. The molecular weight excluding hydrogens is 304 g/mol. The van der Waals surface area contributed by atoms with Crippen LogP contribution in [-0.2, 0) is 6.54 Å². The van der Waals surface area contributed by atoms with Crippen molar-refractivity contribution in [3.8, 4) is 11.5 Å². The highest BCUT2D eigenvalue weighted by Gasteiger charge is 2.37. The van der Waals surface area contributed by atoms with Crippen molar-refractivity contribution in [1.82, 2.24) is 9.88 Å². The highest BCUT2D eigenvalue weighted by molar-refractivity contribution is 6.15. The Morgan fingerprint density at radius 1 is 1.17 bits per heavy atom. The molecule has 1 fully saturated rings. The molecule has 5 heteroatoms. The monoisotopic (exact) mass is 320 g/mol. The minimum Gasteiger partial charge on any atom is -0.478 e. The number of fused-ring (bicyclic) bond motifs is 3. The Hall–Kier alpha value is -2.66. The molecule has 0 N–H and O–H groups in total. The number of nitrogens with zero attached hydrogens (tertiary/aromatic N) is 2. The zero-order chi connectivity index (χ0) is 16.1. The summed E-state index contributed by atoms with van der Waals surface area (Å²) in [6.07, 6.45) is 7.60. The summed E-state index contributed by atoms with van der Waals surface area (Å²) < 4.78 is 11.8. The maximum Gasteiger partial charge on any atom is 0.231 e. The third-order valence-electron chi connectivity index (χ3n) is 4.71. The second kappa shape index (κ2) is 5.18. The summed E-state index contributed by atoms with van der Waals surface area (Å²) in [5.41, 5.74) is 2.50. The second-order valence-corrected chi connectivity index (χ2v) is 6.39. The van der Waals surface area contributed by atoms with E-state index in [2.05, 4.69) is 9.88 Å². The molecule has 0 bridgehead atoms. The Balaban J connectivity index is 1.52. The highest BCUT2D eigenvalue weighted by Crippen LogP contribution is 2.43. The van der Waals surface area contributed by atoms with E-state index in [4.69, 9.17) is 9.47 Å². The molecule has 2 aliphatic heterocycles. The van der Waals surface area contributed by atoms with Crippen molar-refractivity contribution < 1.29 is 14.3 Å². The van der Waals surface area contributed by atoms with Crippen LogP contribution in [0, 0.1) is 0 Å². The van der Waals surface area contributed by atoms with Crippen molar-refractivity contribution in [1.29, 1.82) is 0 Å². The standard InChI is InChI=1S/C19H16N2O3/c22-18-14-3-4-16-15(10-21(11-23-16)13-1-2-13)19(14)24-17(18)9-12-5-7-20-8-6-12/h3-9,13H,1-2,10-11H2/b17-9-. The van der Waals surface area contributed by atoms with Crippen molar-refractivity contribution in [2.45, 2.75) is 25.4 Å². The van der Waals surface area contributed by atoms with Crippen molar-refractivity contribution >= 4 is 11.9 Å². The predicted molar refractivity (Wildman–Crippen MR) is 87.7 cm³/mol. The SMILES string of the molecule is O=C1/C(=C/c2ccncc2)Oc2c1ccc1c2CN(C2CC2)CO1. The molecule has 5 nitrogen and oxygen atoms in total. The van der Waals surface area contributed by atoms with Gasteiger partial charge in [0.25, 0.3) is 0 Å². The van der Waals surface area contributed by atoms with Crippen LogP contribution in [0.3, 0.4) is 0 Å². The molecule has 0 saturated heterocycles. The molecule has 5 rings (SSSR count). The van der Waals surface area contributed by atoms with Gasteiger partial charge in [0, 0.05) is 25.0 Å². The van der Waals surface area contributed by atoms with E-state index in [-0.39, 0.29) is 5.78 Å². The zero-order valence-electron chi connectivity index (χ0n) is 13.1. The van der Waals surface area contributed by atoms with Crippen molar-refractivity contribution in [2.75, 3.05) is 6.73 Å². The van der Waals surface area contributed by atoms with E-state index in [0.29, 0.717) is 29.8 Å². The number of hydrogen-bond acceptors (Lipinski definition) is 5. The van der Waals surface area contributed by atoms with Gasteiger partial charge in [0.05, 0.1) is 11.1 Å². The fourth-order valence-electron chi connectivity index (χ4n) is 3.26. The number of allylic oxidation sites excluding steroid dienone is 1. The van der Waals surface area contributed by atoms with E-state index in [1.807, 2.05) is 18.2 Å². The van der Waals surface area contributed by atoms with Crippen molar-refractivity contribution in [3.05, 3.63) is 59.1 Å². The molecule has 0 radical (unpaired) electrons. The lowest BCUT2D eigenvalue weighted by Gasteiger charge is -2.29. The van der Waals surface area contributed by atoms with E-state index in [1.54, 1.807) is 24.5 Å². The van der Waals surface area contributed by atoms with E-state index < -0.39 is 0 Å². The van der Waals surface area contributed by atoms with Gasteiger partial charge in [0.15, 0.2) is 5.76 Å². The average molecular weight is 320 g/mol. The van der Waals surface area contributed by atoms with Gasteiger partial charge in [-0.3, -0.25) is 14.7 Å². The molecule has 2 aromatic rings. The van der Waals surface area contributed by atoms with Gasteiger partial charge in [-0.2, -0.15) is 0 Å². The summed E-state index contributed by atoms with van der Waals surface area (Å²) in [7, 11) is 0. The lowest BCUT2D eigenvalue weighted by molar-refractivity contribution is 0.0868. The molecule has 0 spiro atoms. The lowest BCUT2D eigenvalue weighted by Crippen LogP contribution is -2.33. The summed E-state index contributed by atoms with van der Waals surface area (Å²) in [5.74, 6) is 1.76. The number of aromatic nitrogens is 1. The van der Waals surface area contributed by atoms with Crippen LogP contribution in [0.4, 0.5) is 0 Å². The van der Waals surface area contributed by atoms with Gasteiger partial charge in [-0.15, -0.1) is 0 Å². The van der Waals surface area contributed by atoms with Crippen LogP contribution in [0.1, 0.15) is 34.3 Å². The number of pyridine rings is 1. The fraction of sp³-hybridized carbons (Fsp3) is 0.263. The predicted octanol–water partition coefficient (Wildman–Crippen LogP) is 3.01. The van der Waals surface area contributed by atoms with Gasteiger partial charge in [-0.25, -0.2) is 0 Å². The Bertz CT molecular complexity index is 856. The highest BCUT2D eigenvalue weighted by atomic mass is 16.5. The summed E-state index contributed by atoms with van der Waals surface area (Å²) in [5, 5.41) is 0. The van der Waals surface area contributed by atoms with E-state index in [9.17, 15) is 4.79 Å². The van der Waals surface area contributed by atoms with Gasteiger partial charge < -0.3 is 9.47 Å². The molecule has 3 aliphatic rings. The van der Waals surface area contributed by atoms with Crippen LogP contribution in [-0.4, -0.2) is 28.4 Å². The number of ether oxygens (including phenoxy) is 2. The maximum atomic E-state index is 12.7. The van der Waals surface area contributed by atoms with Gasteiger partial charge in [-0.1, -0.05) is 0 Å². The molecule has 120 valence electrons. The van der Waals surface area contributed by atoms with Crippen molar-refractivity contribution in [2.24, 2.45) is 0 Å². The number of benzene rings is 1.